The number of aromatic nitrogens is 2. The molecule has 4 rings (SSSR count). The summed E-state index contributed by atoms with van der Waals surface area (Å²) in [5, 5.41) is 6.18. The summed E-state index contributed by atoms with van der Waals surface area (Å²) in [7, 11) is 0. The number of carbonyl (C=O) groups is 1. The first-order chi connectivity index (χ1) is 15.9. The van der Waals surface area contributed by atoms with E-state index in [1.807, 2.05) is 0 Å². The number of benzene rings is 3. The van der Waals surface area contributed by atoms with Gasteiger partial charge in [0, 0.05) is 5.02 Å². The highest BCUT2D eigenvalue weighted by Gasteiger charge is 2.14. The number of hydrazone groups is 1. The number of rotatable bonds is 6. The van der Waals surface area contributed by atoms with Gasteiger partial charge in [-0.25, -0.2) is 10.4 Å². The second-order valence-corrected chi connectivity index (χ2v) is 8.98. The van der Waals surface area contributed by atoms with Gasteiger partial charge in [0.15, 0.2) is 5.16 Å². The summed E-state index contributed by atoms with van der Waals surface area (Å²) in [5.41, 5.74) is 4.06. The van der Waals surface area contributed by atoms with E-state index in [0.29, 0.717) is 42.4 Å². The van der Waals surface area contributed by atoms with Crippen LogP contribution in [0.25, 0.3) is 16.6 Å². The first-order valence-corrected chi connectivity index (χ1v) is 11.7. The number of carbonyl (C=O) groups excluding carboxylic acids is 1. The standard InChI is InChI=1S/C23H15Cl3N4O2S/c24-15-6-8-16(9-7-15)30-22(32)17-3-1-2-4-20(17)28-23(30)33-13-21(31)29-27-12-14-5-10-18(25)19(26)11-14/h1-12H,13H2,(H,29,31). The van der Waals surface area contributed by atoms with Gasteiger partial charge in [0.25, 0.3) is 11.5 Å². The Labute approximate surface area is 208 Å². The van der Waals surface area contributed by atoms with Crippen LogP contribution in [0.3, 0.4) is 0 Å². The highest BCUT2D eigenvalue weighted by atomic mass is 35.5. The molecular weight excluding hydrogens is 503 g/mol. The average molecular weight is 518 g/mol. The van der Waals surface area contributed by atoms with E-state index in [9.17, 15) is 9.59 Å². The summed E-state index contributed by atoms with van der Waals surface area (Å²) in [6, 6.07) is 18.9. The summed E-state index contributed by atoms with van der Waals surface area (Å²) in [6.45, 7) is 0. The van der Waals surface area contributed by atoms with E-state index in [0.717, 1.165) is 11.8 Å². The van der Waals surface area contributed by atoms with Crippen LogP contribution in [0.15, 0.2) is 81.8 Å². The molecule has 0 fully saturated rings. The molecule has 0 saturated heterocycles. The molecule has 0 saturated carbocycles. The number of amides is 1. The molecule has 0 radical (unpaired) electrons. The zero-order valence-corrected chi connectivity index (χ0v) is 19.9. The lowest BCUT2D eigenvalue weighted by molar-refractivity contribution is -0.118. The normalized spacial score (nSPS) is 11.2. The number of nitrogens with zero attached hydrogens (tertiary/aromatic N) is 3. The highest BCUT2D eigenvalue weighted by Crippen LogP contribution is 2.23. The third-order valence-corrected chi connectivity index (χ3v) is 6.44. The van der Waals surface area contributed by atoms with E-state index >= 15 is 0 Å². The van der Waals surface area contributed by atoms with Crippen molar-refractivity contribution in [3.8, 4) is 5.69 Å². The van der Waals surface area contributed by atoms with Crippen molar-refractivity contribution in [2.45, 2.75) is 5.16 Å². The van der Waals surface area contributed by atoms with Crippen molar-refractivity contribution in [1.82, 2.24) is 15.0 Å². The lowest BCUT2D eigenvalue weighted by Crippen LogP contribution is -2.24. The maximum atomic E-state index is 13.2. The van der Waals surface area contributed by atoms with E-state index in [-0.39, 0.29) is 17.2 Å². The molecule has 6 nitrogen and oxygen atoms in total. The minimum absolute atomic E-state index is 0.00289. The molecule has 1 heterocycles. The lowest BCUT2D eigenvalue weighted by Gasteiger charge is -2.13. The van der Waals surface area contributed by atoms with Gasteiger partial charge in [-0.05, 0) is 54.1 Å². The van der Waals surface area contributed by atoms with Gasteiger partial charge in [0.05, 0.1) is 38.6 Å². The summed E-state index contributed by atoms with van der Waals surface area (Å²) >= 11 is 19.0. The SMILES string of the molecule is O=C(CSc1nc2ccccc2c(=O)n1-c1ccc(Cl)cc1)NN=Cc1ccc(Cl)c(Cl)c1. The van der Waals surface area contributed by atoms with Crippen molar-refractivity contribution in [3.63, 3.8) is 0 Å². The maximum Gasteiger partial charge on any atom is 0.266 e. The minimum Gasteiger partial charge on any atom is -0.272 e. The van der Waals surface area contributed by atoms with Crippen LogP contribution in [0.4, 0.5) is 0 Å². The zero-order valence-electron chi connectivity index (χ0n) is 16.8. The van der Waals surface area contributed by atoms with Crippen molar-refractivity contribution < 1.29 is 4.79 Å². The van der Waals surface area contributed by atoms with Crippen molar-refractivity contribution in [1.29, 1.82) is 0 Å². The molecule has 0 aliphatic heterocycles. The maximum absolute atomic E-state index is 13.2. The number of halogens is 3. The number of hydrogen-bond acceptors (Lipinski definition) is 5. The molecule has 0 bridgehead atoms. The van der Waals surface area contributed by atoms with E-state index in [4.69, 9.17) is 34.8 Å². The lowest BCUT2D eigenvalue weighted by atomic mass is 10.2. The first kappa shape index (κ1) is 23.3. The van der Waals surface area contributed by atoms with Crippen LogP contribution in [0, 0.1) is 0 Å². The van der Waals surface area contributed by atoms with Crippen LogP contribution in [0.2, 0.25) is 15.1 Å². The summed E-state index contributed by atoms with van der Waals surface area (Å²) < 4.78 is 1.47. The van der Waals surface area contributed by atoms with Gasteiger partial charge in [0.1, 0.15) is 0 Å². The topological polar surface area (TPSA) is 76.3 Å². The smallest absolute Gasteiger partial charge is 0.266 e. The minimum atomic E-state index is -0.360. The molecule has 1 amide bonds. The molecule has 4 aromatic rings. The first-order valence-electron chi connectivity index (χ1n) is 9.60. The molecule has 1 aromatic heterocycles. The molecule has 33 heavy (non-hydrogen) atoms. The van der Waals surface area contributed by atoms with Gasteiger partial charge in [-0.15, -0.1) is 0 Å². The van der Waals surface area contributed by atoms with Crippen LogP contribution < -0.4 is 11.0 Å². The summed E-state index contributed by atoms with van der Waals surface area (Å²) in [4.78, 5) is 30.1. The highest BCUT2D eigenvalue weighted by molar-refractivity contribution is 7.99. The Kier molecular flexibility index (Phi) is 7.35. The van der Waals surface area contributed by atoms with E-state index in [2.05, 4.69) is 15.5 Å². The molecule has 166 valence electrons. The van der Waals surface area contributed by atoms with Crippen molar-refractivity contribution in [3.05, 3.63) is 97.7 Å². The Morgan fingerprint density at radius 2 is 1.79 bits per heavy atom. The van der Waals surface area contributed by atoms with E-state index < -0.39 is 0 Å². The van der Waals surface area contributed by atoms with Gasteiger partial charge < -0.3 is 0 Å². The molecule has 1 N–H and O–H groups in total. The Balaban J connectivity index is 1.55. The van der Waals surface area contributed by atoms with Crippen LogP contribution in [0.5, 0.6) is 0 Å². The van der Waals surface area contributed by atoms with Crippen LogP contribution in [-0.2, 0) is 4.79 Å². The van der Waals surface area contributed by atoms with Crippen LogP contribution in [0.1, 0.15) is 5.56 Å². The number of nitrogens with one attached hydrogen (secondary N) is 1. The molecule has 0 aliphatic carbocycles. The molecular formula is C23H15Cl3N4O2S. The Morgan fingerprint density at radius 1 is 1.03 bits per heavy atom. The van der Waals surface area contributed by atoms with Gasteiger partial charge >= 0.3 is 0 Å². The average Bonchev–Trinajstić information content (AvgIpc) is 2.81. The fourth-order valence-electron chi connectivity index (χ4n) is 2.96. The Hall–Kier alpha value is -2.84. The number of fused-ring (bicyclic) bond motifs is 1. The fourth-order valence-corrected chi connectivity index (χ4v) is 4.20. The zero-order chi connectivity index (χ0) is 23.4. The number of thioether (sulfide) groups is 1. The molecule has 10 heteroatoms. The van der Waals surface area contributed by atoms with Crippen molar-refractivity contribution in [2.75, 3.05) is 5.75 Å². The molecule has 0 aliphatic rings. The summed E-state index contributed by atoms with van der Waals surface area (Å²) in [6.07, 6.45) is 1.46. The van der Waals surface area contributed by atoms with Crippen molar-refractivity contribution in [2.24, 2.45) is 5.10 Å². The second-order valence-electron chi connectivity index (χ2n) is 6.78. The van der Waals surface area contributed by atoms with Gasteiger partial charge in [0.2, 0.25) is 0 Å². The molecule has 0 unspecified atom stereocenters. The largest absolute Gasteiger partial charge is 0.272 e. The predicted molar refractivity (Wildman–Crippen MR) is 135 cm³/mol. The number of para-hydroxylation sites is 1. The van der Waals surface area contributed by atoms with E-state index in [1.54, 1.807) is 66.7 Å². The number of hydrogen-bond donors (Lipinski definition) is 1. The van der Waals surface area contributed by atoms with Crippen LogP contribution in [-0.4, -0.2) is 27.4 Å². The molecule has 0 spiro atoms. The Morgan fingerprint density at radius 3 is 2.55 bits per heavy atom. The van der Waals surface area contributed by atoms with Gasteiger partial charge in [-0.2, -0.15) is 5.10 Å². The Bertz CT molecular complexity index is 1420. The quantitative estimate of drug-likeness (QED) is 0.157. The van der Waals surface area contributed by atoms with E-state index in [1.165, 1.54) is 10.8 Å². The third-order valence-electron chi connectivity index (χ3n) is 4.51. The molecule has 0 atom stereocenters. The fraction of sp³-hybridized carbons (Fsp3) is 0.0435. The third kappa shape index (κ3) is 5.57. The second kappa shape index (κ2) is 10.4. The van der Waals surface area contributed by atoms with Gasteiger partial charge in [-0.1, -0.05) is 64.8 Å². The van der Waals surface area contributed by atoms with Gasteiger partial charge in [-0.3, -0.25) is 14.2 Å². The van der Waals surface area contributed by atoms with Crippen molar-refractivity contribution >= 4 is 69.6 Å². The molecule has 3 aromatic carbocycles. The van der Waals surface area contributed by atoms with Crippen LogP contribution >= 0.6 is 46.6 Å². The monoisotopic (exact) mass is 516 g/mol. The summed E-state index contributed by atoms with van der Waals surface area (Å²) in [5.74, 6) is -0.363. The predicted octanol–water partition coefficient (Wildman–Crippen LogP) is 5.59.